The van der Waals surface area contributed by atoms with Crippen LogP contribution in [0.2, 0.25) is 5.02 Å². The number of piperidine rings is 1. The van der Waals surface area contributed by atoms with Gasteiger partial charge in [-0.25, -0.2) is 9.18 Å². The molecule has 0 bridgehead atoms. The summed E-state index contributed by atoms with van der Waals surface area (Å²) in [5.74, 6) is 0.294. The van der Waals surface area contributed by atoms with Gasteiger partial charge < -0.3 is 19.7 Å². The topological polar surface area (TPSA) is 50.8 Å². The number of rotatable bonds is 2. The molecular weight excluding hydrogens is 383 g/mol. The Bertz CT molecular complexity index is 905. The van der Waals surface area contributed by atoms with Gasteiger partial charge in [0.05, 0.1) is 23.9 Å². The van der Waals surface area contributed by atoms with E-state index >= 15 is 0 Å². The lowest BCUT2D eigenvalue weighted by atomic mass is 9.89. The first kappa shape index (κ1) is 18.9. The van der Waals surface area contributed by atoms with Crippen molar-refractivity contribution in [3.8, 4) is 11.5 Å². The Morgan fingerprint density at radius 3 is 2.96 bits per heavy atom. The largest absolute Gasteiger partial charge is 0.452 e. The smallest absolute Gasteiger partial charge is 0.407 e. The number of nitrogens with zero attached hydrogens (tertiary/aromatic N) is 1. The molecule has 0 unspecified atom stereocenters. The molecule has 0 spiro atoms. The van der Waals surface area contributed by atoms with Crippen molar-refractivity contribution in [2.75, 3.05) is 11.4 Å². The van der Waals surface area contributed by atoms with Crippen molar-refractivity contribution in [3.63, 3.8) is 0 Å². The van der Waals surface area contributed by atoms with Gasteiger partial charge in [0.15, 0.2) is 17.3 Å². The zero-order valence-electron chi connectivity index (χ0n) is 15.7. The van der Waals surface area contributed by atoms with E-state index in [-0.39, 0.29) is 23.9 Å². The second kappa shape index (κ2) is 7.51. The van der Waals surface area contributed by atoms with E-state index in [1.807, 2.05) is 12.1 Å². The van der Waals surface area contributed by atoms with E-state index in [2.05, 4.69) is 10.2 Å². The number of fused-ring (bicyclic) bond motifs is 5. The Balaban J connectivity index is 1.80. The zero-order valence-corrected chi connectivity index (χ0v) is 16.5. The normalized spacial score (nSPS) is 20.4. The molecule has 0 radical (unpaired) electrons. The Morgan fingerprint density at radius 2 is 2.18 bits per heavy atom. The number of anilines is 1. The van der Waals surface area contributed by atoms with Crippen LogP contribution in [0.5, 0.6) is 11.5 Å². The van der Waals surface area contributed by atoms with Crippen LogP contribution in [0.3, 0.4) is 0 Å². The maximum Gasteiger partial charge on any atom is 0.407 e. The van der Waals surface area contributed by atoms with Crippen molar-refractivity contribution in [2.24, 2.45) is 0 Å². The average molecular weight is 405 g/mol. The van der Waals surface area contributed by atoms with Gasteiger partial charge in [-0.1, -0.05) is 23.7 Å². The molecule has 1 amide bonds. The lowest BCUT2D eigenvalue weighted by Crippen LogP contribution is -2.50. The summed E-state index contributed by atoms with van der Waals surface area (Å²) in [6.07, 6.45) is 0.914. The first-order valence-electron chi connectivity index (χ1n) is 9.43. The molecule has 2 aliphatic heterocycles. The van der Waals surface area contributed by atoms with Crippen molar-refractivity contribution < 1.29 is 18.7 Å². The highest BCUT2D eigenvalue weighted by atomic mass is 35.5. The standard InChI is InChI=1S/C21H22ClFN2O3/c1-12(2)27-21(26)24-16-7-4-10-25-17-11-13(22)8-9-18(17)28-20-14(19(16)25)5-3-6-15(20)23/h3,5-6,8-9,11-12,16,19H,4,7,10H2,1-2H3,(H,24,26)/t16-,19+/m1/s1. The first-order valence-corrected chi connectivity index (χ1v) is 9.81. The van der Waals surface area contributed by atoms with Crippen LogP contribution in [-0.4, -0.2) is 24.8 Å². The minimum atomic E-state index is -0.476. The summed E-state index contributed by atoms with van der Waals surface area (Å²) < 4.78 is 25.9. The molecular formula is C21H22ClFN2O3. The van der Waals surface area contributed by atoms with Crippen molar-refractivity contribution >= 4 is 23.4 Å². The van der Waals surface area contributed by atoms with E-state index in [1.54, 1.807) is 32.0 Å². The van der Waals surface area contributed by atoms with Crippen LogP contribution in [0, 0.1) is 5.82 Å². The number of alkyl carbamates (subject to hydrolysis) is 1. The molecule has 5 nitrogen and oxygen atoms in total. The van der Waals surface area contributed by atoms with Crippen LogP contribution < -0.4 is 15.0 Å². The molecule has 4 rings (SSSR count). The monoisotopic (exact) mass is 404 g/mol. The SMILES string of the molecule is CC(C)OC(=O)N[C@@H]1CCCN2c3cc(Cl)ccc3Oc3c(F)cccc3[C@@H]12. The second-order valence-electron chi connectivity index (χ2n) is 7.36. The van der Waals surface area contributed by atoms with Crippen LogP contribution in [0.4, 0.5) is 14.9 Å². The van der Waals surface area contributed by atoms with Gasteiger partial charge in [0.2, 0.25) is 0 Å². The molecule has 148 valence electrons. The maximum absolute atomic E-state index is 14.7. The third-order valence-corrected chi connectivity index (χ3v) is 5.27. The lowest BCUT2D eigenvalue weighted by molar-refractivity contribution is 0.109. The van der Waals surface area contributed by atoms with Gasteiger partial charge in [-0.3, -0.25) is 0 Å². The maximum atomic E-state index is 14.7. The third-order valence-electron chi connectivity index (χ3n) is 5.04. The summed E-state index contributed by atoms with van der Waals surface area (Å²) in [4.78, 5) is 14.4. The van der Waals surface area contributed by atoms with Crippen molar-refractivity contribution in [1.82, 2.24) is 5.32 Å². The quantitative estimate of drug-likeness (QED) is 0.725. The fraction of sp³-hybridized carbons (Fsp3) is 0.381. The highest BCUT2D eigenvalue weighted by Gasteiger charge is 2.40. The van der Waals surface area contributed by atoms with E-state index in [0.29, 0.717) is 16.3 Å². The Hall–Kier alpha value is -2.47. The fourth-order valence-corrected chi connectivity index (χ4v) is 4.14. The minimum Gasteiger partial charge on any atom is -0.452 e. The number of ether oxygens (including phenoxy) is 2. The number of carbonyl (C=O) groups is 1. The van der Waals surface area contributed by atoms with E-state index in [0.717, 1.165) is 25.1 Å². The molecule has 2 aliphatic rings. The third kappa shape index (κ3) is 3.49. The highest BCUT2D eigenvalue weighted by molar-refractivity contribution is 6.31. The number of carbonyl (C=O) groups excluding carboxylic acids is 1. The molecule has 2 atom stereocenters. The average Bonchev–Trinajstić information content (AvgIpc) is 2.77. The van der Waals surface area contributed by atoms with Gasteiger partial charge in [-0.15, -0.1) is 0 Å². The van der Waals surface area contributed by atoms with E-state index in [1.165, 1.54) is 6.07 Å². The molecule has 1 fully saturated rings. The fourth-order valence-electron chi connectivity index (χ4n) is 3.98. The summed E-state index contributed by atoms with van der Waals surface area (Å²) in [5, 5.41) is 3.54. The van der Waals surface area contributed by atoms with Crippen LogP contribution >= 0.6 is 11.6 Å². The molecule has 2 aromatic carbocycles. The van der Waals surface area contributed by atoms with Gasteiger partial charge in [0.1, 0.15) is 0 Å². The zero-order chi connectivity index (χ0) is 19.8. The Morgan fingerprint density at radius 1 is 1.36 bits per heavy atom. The number of hydrogen-bond acceptors (Lipinski definition) is 4. The van der Waals surface area contributed by atoms with E-state index in [4.69, 9.17) is 21.1 Å². The number of amides is 1. The summed E-state index contributed by atoms with van der Waals surface area (Å²) >= 11 is 6.24. The van der Waals surface area contributed by atoms with E-state index in [9.17, 15) is 9.18 Å². The van der Waals surface area contributed by atoms with Crippen LogP contribution in [0.1, 0.15) is 38.3 Å². The van der Waals surface area contributed by atoms with E-state index < -0.39 is 11.9 Å². The number of para-hydroxylation sites is 1. The van der Waals surface area contributed by atoms with Crippen LogP contribution in [-0.2, 0) is 4.74 Å². The van der Waals surface area contributed by atoms with Gasteiger partial charge in [-0.2, -0.15) is 0 Å². The first-order chi connectivity index (χ1) is 13.4. The van der Waals surface area contributed by atoms with Crippen LogP contribution in [0.15, 0.2) is 36.4 Å². The number of benzene rings is 2. The molecule has 2 aromatic rings. The molecule has 28 heavy (non-hydrogen) atoms. The van der Waals surface area contributed by atoms with Gasteiger partial charge in [-0.05, 0) is 51.0 Å². The van der Waals surface area contributed by atoms with Crippen molar-refractivity contribution in [1.29, 1.82) is 0 Å². The number of hydrogen-bond donors (Lipinski definition) is 1. The molecule has 0 aliphatic carbocycles. The van der Waals surface area contributed by atoms with Crippen LogP contribution in [0.25, 0.3) is 0 Å². The van der Waals surface area contributed by atoms with Crippen molar-refractivity contribution in [2.45, 2.75) is 44.9 Å². The molecule has 1 saturated heterocycles. The summed E-state index contributed by atoms with van der Waals surface area (Å²) in [6, 6.07) is 9.63. The molecule has 7 heteroatoms. The number of halogens is 2. The lowest BCUT2D eigenvalue weighted by Gasteiger charge is -2.42. The molecule has 2 heterocycles. The predicted molar refractivity (Wildman–Crippen MR) is 106 cm³/mol. The van der Waals surface area contributed by atoms with Gasteiger partial charge in [0, 0.05) is 17.1 Å². The van der Waals surface area contributed by atoms with Gasteiger partial charge in [0.25, 0.3) is 0 Å². The molecule has 1 N–H and O–H groups in total. The highest BCUT2D eigenvalue weighted by Crippen LogP contribution is 2.48. The Labute approximate surface area is 168 Å². The number of nitrogens with one attached hydrogen (secondary N) is 1. The minimum absolute atomic E-state index is 0.185. The van der Waals surface area contributed by atoms with Gasteiger partial charge >= 0.3 is 6.09 Å². The van der Waals surface area contributed by atoms with Crippen molar-refractivity contribution in [3.05, 3.63) is 52.8 Å². The predicted octanol–water partition coefficient (Wildman–Crippen LogP) is 5.43. The molecule has 0 aromatic heterocycles. The summed E-state index contributed by atoms with van der Waals surface area (Å²) in [6.45, 7) is 4.35. The summed E-state index contributed by atoms with van der Waals surface area (Å²) in [5.41, 5.74) is 1.48. The Kier molecular flexibility index (Phi) is 5.06. The second-order valence-corrected chi connectivity index (χ2v) is 7.79. The molecule has 0 saturated carbocycles. The summed E-state index contributed by atoms with van der Waals surface area (Å²) in [7, 11) is 0.